The highest BCUT2D eigenvalue weighted by molar-refractivity contribution is 5.90. The average molecular weight is 321 g/mol. The van der Waals surface area contributed by atoms with Crippen LogP contribution in [0, 0.1) is 11.7 Å². The van der Waals surface area contributed by atoms with E-state index in [4.69, 9.17) is 0 Å². The van der Waals surface area contributed by atoms with Gasteiger partial charge in [0.15, 0.2) is 0 Å². The van der Waals surface area contributed by atoms with Gasteiger partial charge in [0.2, 0.25) is 5.91 Å². The molecule has 1 aromatic carbocycles. The lowest BCUT2D eigenvalue weighted by atomic mass is 9.97. The lowest BCUT2D eigenvalue weighted by Gasteiger charge is -2.32. The molecule has 1 aliphatic heterocycles. The molecule has 1 fully saturated rings. The fourth-order valence-electron chi connectivity index (χ4n) is 2.57. The molecule has 0 aromatic heterocycles. The summed E-state index contributed by atoms with van der Waals surface area (Å²) >= 11 is 0. The first-order chi connectivity index (χ1) is 11.0. The Morgan fingerprint density at radius 3 is 2.70 bits per heavy atom. The molecule has 3 amide bonds. The minimum Gasteiger partial charge on any atom is -0.353 e. The second-order valence-electron chi connectivity index (χ2n) is 6.04. The number of rotatable bonds is 4. The van der Waals surface area contributed by atoms with Crippen molar-refractivity contribution in [2.24, 2.45) is 5.92 Å². The SMILES string of the molecule is CC[C@H](C)NC(=O)[C@@H]1CCCN(C(=O)Nc2ccc(F)cc2)C1. The number of carbonyl (C=O) groups excluding carboxylic acids is 2. The molecule has 1 aliphatic rings. The number of urea groups is 1. The molecular formula is C17H24FN3O2. The lowest BCUT2D eigenvalue weighted by molar-refractivity contribution is -0.126. The van der Waals surface area contributed by atoms with Gasteiger partial charge < -0.3 is 15.5 Å². The quantitative estimate of drug-likeness (QED) is 0.895. The topological polar surface area (TPSA) is 61.4 Å². The summed E-state index contributed by atoms with van der Waals surface area (Å²) in [7, 11) is 0. The largest absolute Gasteiger partial charge is 0.353 e. The summed E-state index contributed by atoms with van der Waals surface area (Å²) in [5.74, 6) is -0.502. The van der Waals surface area contributed by atoms with Crippen LogP contribution in [0.15, 0.2) is 24.3 Å². The van der Waals surface area contributed by atoms with E-state index >= 15 is 0 Å². The standard InChI is InChI=1S/C17H24FN3O2/c1-3-12(2)19-16(22)13-5-4-10-21(11-13)17(23)20-15-8-6-14(18)7-9-15/h6-9,12-13H,3-5,10-11H2,1-2H3,(H,19,22)(H,20,23)/t12-,13+/m0/s1. The summed E-state index contributed by atoms with van der Waals surface area (Å²) in [6.07, 6.45) is 2.48. The Bertz CT molecular complexity index is 547. The van der Waals surface area contributed by atoms with Crippen LogP contribution in [0.4, 0.5) is 14.9 Å². The van der Waals surface area contributed by atoms with E-state index in [9.17, 15) is 14.0 Å². The number of halogens is 1. The maximum Gasteiger partial charge on any atom is 0.321 e. The third kappa shape index (κ3) is 4.94. The fraction of sp³-hybridized carbons (Fsp3) is 0.529. The van der Waals surface area contributed by atoms with Gasteiger partial charge in [0.05, 0.1) is 5.92 Å². The zero-order valence-corrected chi connectivity index (χ0v) is 13.6. The van der Waals surface area contributed by atoms with Crippen molar-refractivity contribution in [2.75, 3.05) is 18.4 Å². The van der Waals surface area contributed by atoms with Crippen molar-refractivity contribution < 1.29 is 14.0 Å². The molecule has 2 rings (SSSR count). The van der Waals surface area contributed by atoms with Crippen LogP contribution in [-0.2, 0) is 4.79 Å². The van der Waals surface area contributed by atoms with Crippen LogP contribution in [0.2, 0.25) is 0 Å². The molecule has 2 N–H and O–H groups in total. The molecule has 126 valence electrons. The van der Waals surface area contributed by atoms with E-state index in [-0.39, 0.29) is 29.7 Å². The van der Waals surface area contributed by atoms with Gasteiger partial charge in [-0.1, -0.05) is 6.92 Å². The Hall–Kier alpha value is -2.11. The molecule has 0 bridgehead atoms. The highest BCUT2D eigenvalue weighted by atomic mass is 19.1. The van der Waals surface area contributed by atoms with Gasteiger partial charge >= 0.3 is 6.03 Å². The van der Waals surface area contributed by atoms with Gasteiger partial charge in [-0.05, 0) is 50.5 Å². The number of hydrogen-bond acceptors (Lipinski definition) is 2. The Morgan fingerprint density at radius 1 is 1.35 bits per heavy atom. The summed E-state index contributed by atoms with van der Waals surface area (Å²) in [6, 6.07) is 5.53. The Labute approximate surface area is 136 Å². The van der Waals surface area contributed by atoms with Crippen LogP contribution in [0.25, 0.3) is 0 Å². The van der Waals surface area contributed by atoms with Crippen molar-refractivity contribution in [3.63, 3.8) is 0 Å². The van der Waals surface area contributed by atoms with E-state index in [2.05, 4.69) is 10.6 Å². The summed E-state index contributed by atoms with van der Waals surface area (Å²) in [6.45, 7) is 5.03. The molecule has 23 heavy (non-hydrogen) atoms. The maximum absolute atomic E-state index is 12.9. The second kappa shape index (κ2) is 7.94. The predicted octanol–water partition coefficient (Wildman–Crippen LogP) is 2.98. The molecule has 1 saturated heterocycles. The van der Waals surface area contributed by atoms with Crippen molar-refractivity contribution >= 4 is 17.6 Å². The van der Waals surface area contributed by atoms with Crippen molar-refractivity contribution in [1.82, 2.24) is 10.2 Å². The number of piperidine rings is 1. The molecule has 0 aliphatic carbocycles. The van der Waals surface area contributed by atoms with Crippen molar-refractivity contribution in [1.29, 1.82) is 0 Å². The first-order valence-electron chi connectivity index (χ1n) is 8.11. The number of anilines is 1. The van der Waals surface area contributed by atoms with Crippen LogP contribution in [0.3, 0.4) is 0 Å². The minimum absolute atomic E-state index is 0.0126. The smallest absolute Gasteiger partial charge is 0.321 e. The van der Waals surface area contributed by atoms with E-state index in [1.165, 1.54) is 24.3 Å². The van der Waals surface area contributed by atoms with Gasteiger partial charge in [-0.3, -0.25) is 4.79 Å². The molecule has 0 unspecified atom stereocenters. The van der Waals surface area contributed by atoms with Crippen molar-refractivity contribution in [3.8, 4) is 0 Å². The summed E-state index contributed by atoms with van der Waals surface area (Å²) < 4.78 is 12.9. The molecule has 0 saturated carbocycles. The molecule has 0 radical (unpaired) electrons. The molecule has 5 nitrogen and oxygen atoms in total. The zero-order chi connectivity index (χ0) is 16.8. The third-order valence-electron chi connectivity index (χ3n) is 4.18. The molecular weight excluding hydrogens is 297 g/mol. The van der Waals surface area contributed by atoms with Gasteiger partial charge in [-0.2, -0.15) is 0 Å². The first kappa shape index (κ1) is 17.2. The predicted molar refractivity (Wildman–Crippen MR) is 87.6 cm³/mol. The van der Waals surface area contributed by atoms with Crippen LogP contribution in [0.5, 0.6) is 0 Å². The number of likely N-dealkylation sites (tertiary alicyclic amines) is 1. The second-order valence-corrected chi connectivity index (χ2v) is 6.04. The minimum atomic E-state index is -0.345. The van der Waals surface area contributed by atoms with Crippen molar-refractivity contribution in [3.05, 3.63) is 30.1 Å². The Balaban J connectivity index is 1.90. The number of amides is 3. The maximum atomic E-state index is 12.9. The number of carbonyl (C=O) groups is 2. The first-order valence-corrected chi connectivity index (χ1v) is 8.11. The van der Waals surface area contributed by atoms with Gasteiger partial charge in [-0.25, -0.2) is 9.18 Å². The van der Waals surface area contributed by atoms with Crippen LogP contribution in [0.1, 0.15) is 33.1 Å². The van der Waals surface area contributed by atoms with E-state index in [1.807, 2.05) is 13.8 Å². The summed E-state index contributed by atoms with van der Waals surface area (Å²) in [5, 5.41) is 5.71. The highest BCUT2D eigenvalue weighted by Gasteiger charge is 2.28. The number of hydrogen-bond donors (Lipinski definition) is 2. The van der Waals surface area contributed by atoms with E-state index in [0.717, 1.165) is 19.3 Å². The van der Waals surface area contributed by atoms with Crippen LogP contribution >= 0.6 is 0 Å². The normalized spacial score (nSPS) is 19.1. The van der Waals surface area contributed by atoms with Gasteiger partial charge in [0, 0.05) is 24.8 Å². The summed E-state index contributed by atoms with van der Waals surface area (Å²) in [5.41, 5.74) is 0.544. The number of nitrogens with one attached hydrogen (secondary N) is 2. The van der Waals surface area contributed by atoms with E-state index in [0.29, 0.717) is 18.8 Å². The third-order valence-corrected chi connectivity index (χ3v) is 4.18. The zero-order valence-electron chi connectivity index (χ0n) is 13.6. The highest BCUT2D eigenvalue weighted by Crippen LogP contribution is 2.18. The van der Waals surface area contributed by atoms with Crippen LogP contribution in [-0.4, -0.2) is 36.0 Å². The number of nitrogens with zero attached hydrogens (tertiary/aromatic N) is 1. The van der Waals surface area contributed by atoms with Gasteiger partial charge in [-0.15, -0.1) is 0 Å². The van der Waals surface area contributed by atoms with Crippen LogP contribution < -0.4 is 10.6 Å². The monoisotopic (exact) mass is 321 g/mol. The Kier molecular flexibility index (Phi) is 5.96. The molecule has 1 heterocycles. The molecule has 0 spiro atoms. The lowest BCUT2D eigenvalue weighted by Crippen LogP contribution is -2.48. The van der Waals surface area contributed by atoms with E-state index < -0.39 is 0 Å². The van der Waals surface area contributed by atoms with Gasteiger partial charge in [0.1, 0.15) is 5.82 Å². The molecule has 1 aromatic rings. The fourth-order valence-corrected chi connectivity index (χ4v) is 2.57. The van der Waals surface area contributed by atoms with Crippen molar-refractivity contribution in [2.45, 2.75) is 39.2 Å². The number of benzene rings is 1. The summed E-state index contributed by atoms with van der Waals surface area (Å²) in [4.78, 5) is 26.2. The average Bonchev–Trinajstić information content (AvgIpc) is 2.56. The van der Waals surface area contributed by atoms with Gasteiger partial charge in [0.25, 0.3) is 0 Å². The van der Waals surface area contributed by atoms with E-state index in [1.54, 1.807) is 4.90 Å². The molecule has 6 heteroatoms. The Morgan fingerprint density at radius 2 is 2.04 bits per heavy atom. The molecule has 2 atom stereocenters.